The van der Waals surface area contributed by atoms with Crippen LogP contribution in [-0.4, -0.2) is 47.4 Å². The van der Waals surface area contributed by atoms with E-state index >= 15 is 0 Å². The molecule has 0 radical (unpaired) electrons. The maximum absolute atomic E-state index is 12.5. The second-order valence-electron chi connectivity index (χ2n) is 26.0. The van der Waals surface area contributed by atoms with Crippen molar-refractivity contribution >= 4 is 11.9 Å². The van der Waals surface area contributed by atoms with Crippen molar-refractivity contribution in [3.8, 4) is 0 Å². The average Bonchev–Trinajstić information content (AvgIpc) is 3.50. The van der Waals surface area contributed by atoms with Crippen LogP contribution in [0.2, 0.25) is 0 Å². The lowest BCUT2D eigenvalue weighted by atomic mass is 10.0. The minimum atomic E-state index is -0.841. The van der Waals surface area contributed by atoms with E-state index in [4.69, 9.17) is 4.74 Å². The predicted octanol–water partition coefficient (Wildman–Crippen LogP) is 24.7. The van der Waals surface area contributed by atoms with Crippen LogP contribution in [0.5, 0.6) is 0 Å². The molecule has 0 rings (SSSR count). The van der Waals surface area contributed by atoms with Crippen molar-refractivity contribution in [3.05, 3.63) is 36.5 Å². The van der Waals surface area contributed by atoms with Crippen LogP contribution in [0.1, 0.15) is 418 Å². The first-order valence-electron chi connectivity index (χ1n) is 37.8. The largest absolute Gasteiger partial charge is 0.466 e. The van der Waals surface area contributed by atoms with Gasteiger partial charge in [0.1, 0.15) is 0 Å². The summed E-state index contributed by atoms with van der Waals surface area (Å²) >= 11 is 0. The molecule has 0 aliphatic heterocycles. The van der Waals surface area contributed by atoms with Gasteiger partial charge in [-0.3, -0.25) is 9.59 Å². The van der Waals surface area contributed by atoms with Gasteiger partial charge in [0.15, 0.2) is 0 Å². The summed E-state index contributed by atoms with van der Waals surface area (Å²) in [7, 11) is 0. The SMILES string of the molecule is CCCC/C=C\CCCCCCCC(=O)OCCCCCCCCCCCCCCCCCCCC/C=C\CCCCCCCCCCCCCCCCCCCC(=O)NC(CO)C(O)/C=C/CCCCCCCCCCCCCCCC. The lowest BCUT2D eigenvalue weighted by Gasteiger charge is -2.20. The van der Waals surface area contributed by atoms with Crippen LogP contribution in [0.25, 0.3) is 0 Å². The van der Waals surface area contributed by atoms with Crippen molar-refractivity contribution in [2.24, 2.45) is 0 Å². The Balaban J connectivity index is 3.34. The first kappa shape index (κ1) is 81.1. The van der Waals surface area contributed by atoms with E-state index < -0.39 is 12.1 Å². The molecule has 0 aliphatic carbocycles. The smallest absolute Gasteiger partial charge is 0.305 e. The summed E-state index contributed by atoms with van der Waals surface area (Å²) in [5, 5.41) is 23.2. The van der Waals surface area contributed by atoms with Gasteiger partial charge in [-0.15, -0.1) is 0 Å². The van der Waals surface area contributed by atoms with Crippen LogP contribution in [0.4, 0.5) is 0 Å². The van der Waals surface area contributed by atoms with Gasteiger partial charge in [0.05, 0.1) is 25.4 Å². The highest BCUT2D eigenvalue weighted by molar-refractivity contribution is 5.76. The highest BCUT2D eigenvalue weighted by Gasteiger charge is 2.18. The molecular weight excluding hydrogens is 1020 g/mol. The number of esters is 1. The van der Waals surface area contributed by atoms with Crippen LogP contribution >= 0.6 is 0 Å². The predicted molar refractivity (Wildman–Crippen MR) is 366 cm³/mol. The number of ether oxygens (including phenoxy) is 1. The van der Waals surface area contributed by atoms with Crippen LogP contribution in [0.3, 0.4) is 0 Å². The zero-order valence-electron chi connectivity index (χ0n) is 56.2. The van der Waals surface area contributed by atoms with E-state index in [9.17, 15) is 19.8 Å². The van der Waals surface area contributed by atoms with Crippen molar-refractivity contribution in [1.82, 2.24) is 5.32 Å². The monoisotopic (exact) mass is 1170 g/mol. The minimum absolute atomic E-state index is 0.0115. The van der Waals surface area contributed by atoms with Crippen molar-refractivity contribution < 1.29 is 24.5 Å². The molecule has 0 saturated carbocycles. The van der Waals surface area contributed by atoms with E-state index in [0.29, 0.717) is 19.4 Å². The van der Waals surface area contributed by atoms with Gasteiger partial charge >= 0.3 is 5.97 Å². The molecule has 0 bridgehead atoms. The molecule has 6 heteroatoms. The number of amides is 1. The fourth-order valence-electron chi connectivity index (χ4n) is 11.8. The number of carbonyl (C=O) groups excluding carboxylic acids is 2. The molecule has 3 N–H and O–H groups in total. The standard InChI is InChI=1S/C77H147NO5/c1-3-5-7-9-11-13-15-16-17-43-46-50-53-57-61-65-69-75(80)74(73-79)78-76(81)70-66-62-58-54-51-47-44-41-39-37-35-33-31-29-27-25-23-21-19-18-20-22-24-26-28-30-32-34-36-38-40-42-45-48-52-56-60-64-68-72-83-77(82)71-67-63-59-55-49-14-12-10-8-6-4-2/h10,12,18-19,65,69,74-75,79-80H,3-9,11,13-17,20-64,66-68,70-73H2,1-2H3,(H,78,81)/b12-10-,19-18-,69-65+. The first-order valence-corrected chi connectivity index (χ1v) is 37.8. The quantitative estimate of drug-likeness (QED) is 0.0320. The fraction of sp³-hybridized carbons (Fsp3) is 0.896. The average molecular weight is 1170 g/mol. The Morgan fingerprint density at radius 3 is 0.892 bits per heavy atom. The van der Waals surface area contributed by atoms with E-state index in [2.05, 4.69) is 43.5 Å². The van der Waals surface area contributed by atoms with Crippen LogP contribution < -0.4 is 5.32 Å². The summed E-state index contributed by atoms with van der Waals surface area (Å²) < 4.78 is 5.47. The third-order valence-electron chi connectivity index (χ3n) is 17.6. The molecule has 83 heavy (non-hydrogen) atoms. The Hall–Kier alpha value is -1.92. The number of rotatable bonds is 71. The van der Waals surface area contributed by atoms with Gasteiger partial charge in [0, 0.05) is 12.8 Å². The highest BCUT2D eigenvalue weighted by atomic mass is 16.5. The zero-order valence-corrected chi connectivity index (χ0v) is 56.2. The lowest BCUT2D eigenvalue weighted by Crippen LogP contribution is -2.45. The van der Waals surface area contributed by atoms with Gasteiger partial charge in [-0.1, -0.05) is 365 Å². The number of unbranched alkanes of at least 4 members (excludes halogenated alkanes) is 56. The Bertz CT molecular complexity index is 1340. The van der Waals surface area contributed by atoms with E-state index in [1.165, 1.54) is 347 Å². The van der Waals surface area contributed by atoms with Crippen molar-refractivity contribution in [2.45, 2.75) is 431 Å². The molecule has 0 aromatic carbocycles. The van der Waals surface area contributed by atoms with Gasteiger partial charge in [0.2, 0.25) is 5.91 Å². The molecule has 0 spiro atoms. The molecule has 0 aliphatic rings. The molecule has 2 unspecified atom stereocenters. The summed E-state index contributed by atoms with van der Waals surface area (Å²) in [6, 6.07) is -0.624. The number of hydrogen-bond acceptors (Lipinski definition) is 5. The number of carbonyl (C=O) groups is 2. The number of aliphatic hydroxyl groups excluding tert-OH is 2. The summed E-state index contributed by atoms with van der Waals surface area (Å²) in [5.74, 6) is -0.0493. The molecule has 0 saturated heterocycles. The van der Waals surface area contributed by atoms with E-state index in [1.54, 1.807) is 6.08 Å². The Morgan fingerprint density at radius 2 is 0.578 bits per heavy atom. The van der Waals surface area contributed by atoms with E-state index in [1.807, 2.05) is 6.08 Å². The number of allylic oxidation sites excluding steroid dienone is 5. The van der Waals surface area contributed by atoms with E-state index in [-0.39, 0.29) is 18.5 Å². The molecule has 0 fully saturated rings. The highest BCUT2D eigenvalue weighted by Crippen LogP contribution is 2.19. The van der Waals surface area contributed by atoms with Crippen molar-refractivity contribution in [1.29, 1.82) is 0 Å². The van der Waals surface area contributed by atoms with Gasteiger partial charge in [-0.25, -0.2) is 0 Å². The van der Waals surface area contributed by atoms with Crippen LogP contribution in [0.15, 0.2) is 36.5 Å². The van der Waals surface area contributed by atoms with E-state index in [0.717, 1.165) is 44.9 Å². The number of hydrogen-bond donors (Lipinski definition) is 3. The second kappa shape index (κ2) is 72.6. The molecule has 6 nitrogen and oxygen atoms in total. The van der Waals surface area contributed by atoms with Gasteiger partial charge in [0.25, 0.3) is 0 Å². The summed E-state index contributed by atoms with van der Waals surface area (Å²) in [5.41, 5.74) is 0. The van der Waals surface area contributed by atoms with Crippen LogP contribution in [-0.2, 0) is 14.3 Å². The molecule has 0 aromatic rings. The summed E-state index contributed by atoms with van der Waals surface area (Å²) in [6.07, 6.45) is 94.1. The molecule has 2 atom stereocenters. The first-order chi connectivity index (χ1) is 41.0. The molecular formula is C77H147NO5. The Morgan fingerprint density at radius 1 is 0.325 bits per heavy atom. The Kier molecular flexibility index (Phi) is 70.9. The molecule has 0 aromatic heterocycles. The maximum atomic E-state index is 12.5. The summed E-state index contributed by atoms with van der Waals surface area (Å²) in [4.78, 5) is 24.5. The topological polar surface area (TPSA) is 95.9 Å². The maximum Gasteiger partial charge on any atom is 0.305 e. The van der Waals surface area contributed by atoms with Gasteiger partial charge in [-0.05, 0) is 77.0 Å². The Labute approximate surface area is 519 Å². The van der Waals surface area contributed by atoms with Crippen molar-refractivity contribution in [3.63, 3.8) is 0 Å². The third kappa shape index (κ3) is 69.1. The minimum Gasteiger partial charge on any atom is -0.466 e. The third-order valence-corrected chi connectivity index (χ3v) is 17.6. The zero-order chi connectivity index (χ0) is 59.9. The number of aliphatic hydroxyl groups is 2. The molecule has 1 amide bonds. The number of nitrogens with one attached hydrogen (secondary N) is 1. The van der Waals surface area contributed by atoms with Crippen LogP contribution in [0, 0.1) is 0 Å². The second-order valence-corrected chi connectivity index (χ2v) is 26.0. The van der Waals surface area contributed by atoms with Gasteiger partial charge in [-0.2, -0.15) is 0 Å². The van der Waals surface area contributed by atoms with Crippen molar-refractivity contribution in [2.75, 3.05) is 13.2 Å². The lowest BCUT2D eigenvalue weighted by molar-refractivity contribution is -0.143. The molecule has 0 heterocycles. The molecule has 490 valence electrons. The normalized spacial score (nSPS) is 12.7. The van der Waals surface area contributed by atoms with Gasteiger partial charge < -0.3 is 20.3 Å². The summed E-state index contributed by atoms with van der Waals surface area (Å²) in [6.45, 7) is 4.90. The fourth-order valence-corrected chi connectivity index (χ4v) is 11.8.